The Morgan fingerprint density at radius 3 is 2.58 bits per heavy atom. The van der Waals surface area contributed by atoms with Crippen LogP contribution in [0.4, 0.5) is 0 Å². The molecule has 4 heteroatoms. The molecule has 26 heavy (non-hydrogen) atoms. The molecule has 0 fully saturated rings. The van der Waals surface area contributed by atoms with Crippen molar-refractivity contribution in [1.29, 1.82) is 0 Å². The monoisotopic (exact) mass is 348 g/mol. The minimum atomic E-state index is -0.422. The van der Waals surface area contributed by atoms with Gasteiger partial charge in [0, 0.05) is 23.6 Å². The molecular formula is C22H24N2O2. The third-order valence-corrected chi connectivity index (χ3v) is 4.49. The Morgan fingerprint density at radius 1 is 1.08 bits per heavy atom. The number of aryl methyl sites for hydroxylation is 1. The van der Waals surface area contributed by atoms with Crippen molar-refractivity contribution in [2.24, 2.45) is 5.92 Å². The van der Waals surface area contributed by atoms with Crippen molar-refractivity contribution in [2.45, 2.75) is 33.2 Å². The maximum atomic E-state index is 12.5. The Balaban J connectivity index is 2.10. The molecule has 2 N–H and O–H groups in total. The van der Waals surface area contributed by atoms with Gasteiger partial charge in [-0.3, -0.25) is 9.78 Å². The highest BCUT2D eigenvalue weighted by Crippen LogP contribution is 2.35. The molecule has 0 radical (unpaired) electrons. The summed E-state index contributed by atoms with van der Waals surface area (Å²) in [7, 11) is 0. The Morgan fingerprint density at radius 2 is 1.85 bits per heavy atom. The minimum Gasteiger partial charge on any atom is -0.505 e. The molecule has 0 saturated carbocycles. The van der Waals surface area contributed by atoms with E-state index in [2.05, 4.69) is 10.3 Å². The predicted molar refractivity (Wildman–Crippen MR) is 104 cm³/mol. The van der Waals surface area contributed by atoms with Crippen molar-refractivity contribution in [3.63, 3.8) is 0 Å². The number of fused-ring (bicyclic) bond motifs is 1. The van der Waals surface area contributed by atoms with E-state index in [4.69, 9.17) is 0 Å². The normalized spacial score (nSPS) is 12.3. The number of benzene rings is 2. The van der Waals surface area contributed by atoms with Crippen LogP contribution in [0.15, 0.2) is 54.7 Å². The van der Waals surface area contributed by atoms with Crippen molar-refractivity contribution in [2.75, 3.05) is 0 Å². The summed E-state index contributed by atoms with van der Waals surface area (Å²) in [5, 5.41) is 14.8. The summed E-state index contributed by atoms with van der Waals surface area (Å²) in [6, 6.07) is 15.0. The molecule has 1 amide bonds. The number of nitrogens with one attached hydrogen (secondary N) is 1. The second-order valence-corrected chi connectivity index (χ2v) is 7.03. The van der Waals surface area contributed by atoms with Gasteiger partial charge in [0.1, 0.15) is 11.3 Å². The molecule has 1 aromatic heterocycles. The standard InChI is InChI=1S/C22H24N2O2/c1-14(2)13-19(25)24-21(17-9-5-4-7-15(17)3)18-11-10-16-8-6-12-23-20(16)22(18)26/h4-12,14,21,26H,13H2,1-3H3,(H,24,25). The molecule has 3 rings (SSSR count). The van der Waals surface area contributed by atoms with E-state index >= 15 is 0 Å². The molecule has 0 aliphatic heterocycles. The fourth-order valence-corrected chi connectivity index (χ4v) is 3.20. The van der Waals surface area contributed by atoms with Crippen molar-refractivity contribution >= 4 is 16.8 Å². The lowest BCUT2D eigenvalue weighted by Crippen LogP contribution is -2.30. The minimum absolute atomic E-state index is 0.0335. The maximum absolute atomic E-state index is 12.5. The van der Waals surface area contributed by atoms with Crippen LogP contribution in [0.1, 0.15) is 43.0 Å². The Labute approximate surface area is 153 Å². The Hall–Kier alpha value is -2.88. The number of nitrogens with zero attached hydrogens (tertiary/aromatic N) is 1. The third kappa shape index (κ3) is 3.69. The molecule has 3 aromatic rings. The van der Waals surface area contributed by atoms with Gasteiger partial charge >= 0.3 is 0 Å². The summed E-state index contributed by atoms with van der Waals surface area (Å²) in [5.74, 6) is 0.342. The number of rotatable bonds is 5. The lowest BCUT2D eigenvalue weighted by molar-refractivity contribution is -0.122. The van der Waals surface area contributed by atoms with Gasteiger partial charge in [0.05, 0.1) is 6.04 Å². The molecule has 0 bridgehead atoms. The van der Waals surface area contributed by atoms with Crippen molar-refractivity contribution in [1.82, 2.24) is 10.3 Å². The Bertz CT molecular complexity index is 934. The highest BCUT2D eigenvalue weighted by Gasteiger charge is 2.23. The van der Waals surface area contributed by atoms with Crippen molar-refractivity contribution < 1.29 is 9.90 Å². The predicted octanol–water partition coefficient (Wildman–Crippen LogP) is 4.50. The van der Waals surface area contributed by atoms with Crippen LogP contribution >= 0.6 is 0 Å². The summed E-state index contributed by atoms with van der Waals surface area (Å²) in [5.41, 5.74) is 3.22. The molecule has 0 spiro atoms. The van der Waals surface area contributed by atoms with Gasteiger partial charge in [-0.15, -0.1) is 0 Å². The lowest BCUT2D eigenvalue weighted by Gasteiger charge is -2.23. The molecule has 0 saturated heterocycles. The molecule has 134 valence electrons. The van der Waals surface area contributed by atoms with Gasteiger partial charge in [-0.1, -0.05) is 56.3 Å². The van der Waals surface area contributed by atoms with Gasteiger partial charge in [-0.2, -0.15) is 0 Å². The van der Waals surface area contributed by atoms with Crippen LogP contribution in [0.25, 0.3) is 10.9 Å². The number of carbonyl (C=O) groups is 1. The number of carbonyl (C=O) groups excluding carboxylic acids is 1. The SMILES string of the molecule is Cc1ccccc1C(NC(=O)CC(C)C)c1ccc2cccnc2c1O. The fraction of sp³-hybridized carbons (Fsp3) is 0.273. The zero-order chi connectivity index (χ0) is 18.7. The topological polar surface area (TPSA) is 62.2 Å². The van der Waals surface area contributed by atoms with E-state index in [1.807, 2.05) is 69.3 Å². The summed E-state index contributed by atoms with van der Waals surface area (Å²) >= 11 is 0. The van der Waals surface area contributed by atoms with Crippen LogP contribution in [-0.4, -0.2) is 16.0 Å². The second-order valence-electron chi connectivity index (χ2n) is 7.03. The van der Waals surface area contributed by atoms with Crippen LogP contribution in [0.2, 0.25) is 0 Å². The highest BCUT2D eigenvalue weighted by atomic mass is 16.3. The number of hydrogen-bond acceptors (Lipinski definition) is 3. The number of aromatic hydroxyl groups is 1. The third-order valence-electron chi connectivity index (χ3n) is 4.49. The van der Waals surface area contributed by atoms with Crippen molar-refractivity contribution in [3.8, 4) is 5.75 Å². The van der Waals surface area contributed by atoms with E-state index in [0.29, 0.717) is 17.5 Å². The Kier molecular flexibility index (Phi) is 5.21. The quantitative estimate of drug-likeness (QED) is 0.713. The average Bonchev–Trinajstić information content (AvgIpc) is 2.61. The van der Waals surface area contributed by atoms with Gasteiger partial charge in [0.15, 0.2) is 0 Å². The van der Waals surface area contributed by atoms with Crippen LogP contribution in [-0.2, 0) is 4.79 Å². The summed E-state index contributed by atoms with van der Waals surface area (Å²) in [6.45, 7) is 6.03. The van der Waals surface area contributed by atoms with E-state index < -0.39 is 6.04 Å². The van der Waals surface area contributed by atoms with Gasteiger partial charge in [0.2, 0.25) is 5.91 Å². The number of amides is 1. The van der Waals surface area contributed by atoms with E-state index in [0.717, 1.165) is 16.5 Å². The summed E-state index contributed by atoms with van der Waals surface area (Å²) in [6.07, 6.45) is 2.10. The lowest BCUT2D eigenvalue weighted by atomic mass is 9.93. The first-order valence-electron chi connectivity index (χ1n) is 8.89. The van der Waals surface area contributed by atoms with Gasteiger partial charge in [-0.25, -0.2) is 0 Å². The smallest absolute Gasteiger partial charge is 0.221 e. The first-order chi connectivity index (χ1) is 12.5. The molecular weight excluding hydrogens is 324 g/mol. The van der Waals surface area contributed by atoms with Gasteiger partial charge in [0.25, 0.3) is 0 Å². The van der Waals surface area contributed by atoms with E-state index in [1.165, 1.54) is 0 Å². The number of pyridine rings is 1. The van der Waals surface area contributed by atoms with E-state index in [-0.39, 0.29) is 17.6 Å². The molecule has 1 heterocycles. The molecule has 4 nitrogen and oxygen atoms in total. The van der Waals surface area contributed by atoms with Gasteiger partial charge in [-0.05, 0) is 30.0 Å². The molecule has 1 unspecified atom stereocenters. The zero-order valence-electron chi connectivity index (χ0n) is 15.4. The van der Waals surface area contributed by atoms with Crippen LogP contribution in [0, 0.1) is 12.8 Å². The van der Waals surface area contributed by atoms with Crippen LogP contribution in [0.3, 0.4) is 0 Å². The number of aromatic nitrogens is 1. The zero-order valence-corrected chi connectivity index (χ0v) is 15.4. The van der Waals surface area contributed by atoms with E-state index in [9.17, 15) is 9.90 Å². The van der Waals surface area contributed by atoms with Crippen LogP contribution in [0.5, 0.6) is 5.75 Å². The van der Waals surface area contributed by atoms with Crippen LogP contribution < -0.4 is 5.32 Å². The van der Waals surface area contributed by atoms with Crippen molar-refractivity contribution in [3.05, 3.63) is 71.4 Å². The maximum Gasteiger partial charge on any atom is 0.221 e. The largest absolute Gasteiger partial charge is 0.505 e. The van der Waals surface area contributed by atoms with Gasteiger partial charge < -0.3 is 10.4 Å². The summed E-state index contributed by atoms with van der Waals surface area (Å²) < 4.78 is 0. The average molecular weight is 348 g/mol. The second kappa shape index (κ2) is 7.56. The fourth-order valence-electron chi connectivity index (χ4n) is 3.20. The number of hydrogen-bond donors (Lipinski definition) is 2. The molecule has 0 aliphatic rings. The molecule has 2 aromatic carbocycles. The number of phenols is 1. The first-order valence-corrected chi connectivity index (χ1v) is 8.89. The molecule has 0 aliphatic carbocycles. The molecule has 1 atom stereocenters. The first kappa shape index (κ1) is 17.9. The summed E-state index contributed by atoms with van der Waals surface area (Å²) in [4.78, 5) is 16.8. The number of phenolic OH excluding ortho intramolecular Hbond substituents is 1. The van der Waals surface area contributed by atoms with E-state index in [1.54, 1.807) is 6.20 Å². The highest BCUT2D eigenvalue weighted by molar-refractivity contribution is 5.86.